The number of nitrogens with one attached hydrogen (secondary N) is 1. The van der Waals surface area contributed by atoms with E-state index < -0.39 is 10.5 Å². The fraction of sp³-hybridized carbons (Fsp3) is 0.500. The number of nitrogens with zero attached hydrogens (tertiary/aromatic N) is 2. The first kappa shape index (κ1) is 16.9. The van der Waals surface area contributed by atoms with Gasteiger partial charge in [0.1, 0.15) is 5.69 Å². The Morgan fingerprint density at radius 1 is 1.48 bits per heavy atom. The van der Waals surface area contributed by atoms with Crippen LogP contribution in [0.1, 0.15) is 31.1 Å². The van der Waals surface area contributed by atoms with Crippen molar-refractivity contribution in [3.63, 3.8) is 0 Å². The number of benzene rings is 1. The van der Waals surface area contributed by atoms with E-state index in [0.717, 1.165) is 0 Å². The fourth-order valence-corrected chi connectivity index (χ4v) is 2.00. The number of rotatable bonds is 6. The predicted octanol–water partition coefficient (Wildman–Crippen LogP) is 1.87. The van der Waals surface area contributed by atoms with E-state index in [2.05, 4.69) is 5.32 Å². The minimum atomic E-state index is -1.03. The average Bonchev–Trinajstić information content (AvgIpc) is 2.42. The van der Waals surface area contributed by atoms with Gasteiger partial charge in [0.05, 0.1) is 10.5 Å². The van der Waals surface area contributed by atoms with Gasteiger partial charge in [-0.3, -0.25) is 14.9 Å². The second-order valence-corrected chi connectivity index (χ2v) is 5.37. The molecule has 0 aliphatic heterocycles. The molecule has 1 aromatic carbocycles. The van der Waals surface area contributed by atoms with E-state index in [1.165, 1.54) is 23.1 Å². The average molecular weight is 295 g/mol. The van der Waals surface area contributed by atoms with Gasteiger partial charge in [0, 0.05) is 31.8 Å². The van der Waals surface area contributed by atoms with E-state index in [1.807, 2.05) is 0 Å². The van der Waals surface area contributed by atoms with Gasteiger partial charge < -0.3 is 15.3 Å². The zero-order valence-corrected chi connectivity index (χ0v) is 12.7. The number of nitro benzene ring substituents is 1. The molecule has 0 heterocycles. The molecule has 1 aromatic rings. The van der Waals surface area contributed by atoms with Gasteiger partial charge >= 0.3 is 0 Å². The second kappa shape index (κ2) is 6.53. The predicted molar refractivity (Wildman–Crippen MR) is 80.5 cm³/mol. The van der Waals surface area contributed by atoms with Crippen LogP contribution in [0.3, 0.4) is 0 Å². The summed E-state index contributed by atoms with van der Waals surface area (Å²) in [7, 11) is 1.58. The standard InChI is InChI=1S/C14H21N3O4/c1-5-16(9-14(2,3)19)13(18)10-6-7-11(15-4)12(8-10)17(20)21/h6-8,15,19H,5,9H2,1-4H3. The molecule has 0 aromatic heterocycles. The van der Waals surface area contributed by atoms with Crippen LogP contribution in [-0.4, -0.2) is 46.6 Å². The number of aliphatic hydroxyl groups is 1. The Hall–Kier alpha value is -2.15. The van der Waals surface area contributed by atoms with Crippen molar-refractivity contribution in [2.75, 3.05) is 25.5 Å². The van der Waals surface area contributed by atoms with Crippen LogP contribution in [0.25, 0.3) is 0 Å². The van der Waals surface area contributed by atoms with Crippen LogP contribution in [0.15, 0.2) is 18.2 Å². The molecular weight excluding hydrogens is 274 g/mol. The Labute approximate surface area is 123 Å². The monoisotopic (exact) mass is 295 g/mol. The highest BCUT2D eigenvalue weighted by atomic mass is 16.6. The maximum Gasteiger partial charge on any atom is 0.293 e. The number of anilines is 1. The van der Waals surface area contributed by atoms with Gasteiger partial charge in [-0.1, -0.05) is 0 Å². The topological polar surface area (TPSA) is 95.7 Å². The quantitative estimate of drug-likeness (QED) is 0.617. The number of nitro groups is 1. The molecule has 0 fully saturated rings. The molecule has 0 bridgehead atoms. The van der Waals surface area contributed by atoms with Crippen molar-refractivity contribution in [3.05, 3.63) is 33.9 Å². The number of amides is 1. The van der Waals surface area contributed by atoms with Gasteiger partial charge in [-0.15, -0.1) is 0 Å². The van der Waals surface area contributed by atoms with Crippen molar-refractivity contribution < 1.29 is 14.8 Å². The number of hydrogen-bond donors (Lipinski definition) is 2. The van der Waals surface area contributed by atoms with E-state index in [1.54, 1.807) is 27.8 Å². The highest BCUT2D eigenvalue weighted by molar-refractivity contribution is 5.95. The Bertz CT molecular complexity index is 538. The lowest BCUT2D eigenvalue weighted by molar-refractivity contribution is -0.384. The zero-order valence-electron chi connectivity index (χ0n) is 12.7. The minimum Gasteiger partial charge on any atom is -0.389 e. The number of hydrogen-bond acceptors (Lipinski definition) is 5. The second-order valence-electron chi connectivity index (χ2n) is 5.37. The first-order valence-electron chi connectivity index (χ1n) is 6.67. The van der Waals surface area contributed by atoms with Gasteiger partial charge in [-0.05, 0) is 32.9 Å². The molecule has 0 atom stereocenters. The molecule has 0 spiro atoms. The first-order chi connectivity index (χ1) is 9.69. The van der Waals surface area contributed by atoms with Crippen LogP contribution in [0.4, 0.5) is 11.4 Å². The summed E-state index contributed by atoms with van der Waals surface area (Å²) in [6.45, 7) is 5.57. The molecule has 7 heteroatoms. The third-order valence-corrected chi connectivity index (χ3v) is 2.96. The third kappa shape index (κ3) is 4.42. The molecular formula is C14H21N3O4. The summed E-state index contributed by atoms with van der Waals surface area (Å²) in [5.74, 6) is -0.342. The normalized spacial score (nSPS) is 11.1. The summed E-state index contributed by atoms with van der Waals surface area (Å²) in [4.78, 5) is 24.3. The molecule has 1 rings (SSSR count). The Kier molecular flexibility index (Phi) is 5.26. The lowest BCUT2D eigenvalue weighted by Crippen LogP contribution is -2.42. The van der Waals surface area contributed by atoms with Gasteiger partial charge in [-0.25, -0.2) is 0 Å². The summed E-state index contributed by atoms with van der Waals surface area (Å²) >= 11 is 0. The Balaban J connectivity index is 3.11. The molecule has 1 amide bonds. The SMILES string of the molecule is CCN(CC(C)(C)O)C(=O)c1ccc(NC)c([N+](=O)[O-])c1. The molecule has 0 saturated carbocycles. The van der Waals surface area contributed by atoms with Crippen LogP contribution in [0, 0.1) is 10.1 Å². The smallest absolute Gasteiger partial charge is 0.293 e. The van der Waals surface area contributed by atoms with Crippen LogP contribution in [-0.2, 0) is 0 Å². The van der Waals surface area contributed by atoms with Crippen molar-refractivity contribution >= 4 is 17.3 Å². The summed E-state index contributed by atoms with van der Waals surface area (Å²) in [6, 6.07) is 4.29. The molecule has 21 heavy (non-hydrogen) atoms. The summed E-state index contributed by atoms with van der Waals surface area (Å²) < 4.78 is 0. The molecule has 7 nitrogen and oxygen atoms in total. The lowest BCUT2D eigenvalue weighted by Gasteiger charge is -2.28. The highest BCUT2D eigenvalue weighted by Crippen LogP contribution is 2.25. The first-order valence-corrected chi connectivity index (χ1v) is 6.67. The van der Waals surface area contributed by atoms with Crippen LogP contribution >= 0.6 is 0 Å². The van der Waals surface area contributed by atoms with Gasteiger partial charge in [0.2, 0.25) is 0 Å². The van der Waals surface area contributed by atoms with Crippen molar-refractivity contribution in [1.82, 2.24) is 4.90 Å². The van der Waals surface area contributed by atoms with E-state index in [4.69, 9.17) is 0 Å². The maximum absolute atomic E-state index is 12.4. The van der Waals surface area contributed by atoms with Gasteiger partial charge in [0.25, 0.3) is 11.6 Å². The van der Waals surface area contributed by atoms with E-state index in [-0.39, 0.29) is 23.7 Å². The Morgan fingerprint density at radius 2 is 2.10 bits per heavy atom. The molecule has 0 aliphatic rings. The number of carbonyl (C=O) groups is 1. The molecule has 116 valence electrons. The van der Waals surface area contributed by atoms with E-state index in [0.29, 0.717) is 12.2 Å². The summed E-state index contributed by atoms with van der Waals surface area (Å²) in [5, 5.41) is 23.6. The minimum absolute atomic E-state index is 0.150. The van der Waals surface area contributed by atoms with Crippen molar-refractivity contribution in [1.29, 1.82) is 0 Å². The largest absolute Gasteiger partial charge is 0.389 e. The van der Waals surface area contributed by atoms with Gasteiger partial charge in [-0.2, -0.15) is 0 Å². The maximum atomic E-state index is 12.4. The highest BCUT2D eigenvalue weighted by Gasteiger charge is 2.24. The van der Waals surface area contributed by atoms with Crippen molar-refractivity contribution in [2.24, 2.45) is 0 Å². The molecule has 2 N–H and O–H groups in total. The lowest BCUT2D eigenvalue weighted by atomic mass is 10.1. The molecule has 0 aliphatic carbocycles. The van der Waals surface area contributed by atoms with Crippen molar-refractivity contribution in [3.8, 4) is 0 Å². The zero-order chi connectivity index (χ0) is 16.2. The summed E-state index contributed by atoms with van der Waals surface area (Å²) in [5.41, 5.74) is -0.598. The fourth-order valence-electron chi connectivity index (χ4n) is 2.00. The number of carbonyl (C=O) groups excluding carboxylic acids is 1. The van der Waals surface area contributed by atoms with E-state index in [9.17, 15) is 20.0 Å². The molecule has 0 saturated heterocycles. The summed E-state index contributed by atoms with van der Waals surface area (Å²) in [6.07, 6.45) is 0. The molecule has 0 radical (unpaired) electrons. The van der Waals surface area contributed by atoms with Crippen LogP contribution in [0.2, 0.25) is 0 Å². The Morgan fingerprint density at radius 3 is 2.52 bits per heavy atom. The van der Waals surface area contributed by atoms with Crippen molar-refractivity contribution in [2.45, 2.75) is 26.4 Å². The molecule has 0 unspecified atom stereocenters. The van der Waals surface area contributed by atoms with Crippen LogP contribution in [0.5, 0.6) is 0 Å². The number of likely N-dealkylation sites (N-methyl/N-ethyl adjacent to an activating group) is 1. The third-order valence-electron chi connectivity index (χ3n) is 2.96. The van der Waals surface area contributed by atoms with Gasteiger partial charge in [0.15, 0.2) is 0 Å². The van der Waals surface area contributed by atoms with E-state index >= 15 is 0 Å². The van der Waals surface area contributed by atoms with Crippen LogP contribution < -0.4 is 5.32 Å².